The van der Waals surface area contributed by atoms with E-state index in [2.05, 4.69) is 15.3 Å². The lowest BCUT2D eigenvalue weighted by molar-refractivity contribution is 0.0879. The topological polar surface area (TPSA) is 74.7 Å². The quantitative estimate of drug-likeness (QED) is 0.643. The maximum atomic E-state index is 14.5. The van der Waals surface area contributed by atoms with E-state index in [1.807, 2.05) is 0 Å². The lowest BCUT2D eigenvalue weighted by atomic mass is 10.1. The van der Waals surface area contributed by atoms with Gasteiger partial charge in [-0.3, -0.25) is 0 Å². The van der Waals surface area contributed by atoms with Gasteiger partial charge in [-0.1, -0.05) is 0 Å². The Kier molecular flexibility index (Phi) is 6.41. The van der Waals surface area contributed by atoms with Gasteiger partial charge in [-0.25, -0.2) is 14.4 Å². The molecule has 8 heteroatoms. The largest absolute Gasteiger partial charge is 0.491 e. The van der Waals surface area contributed by atoms with Crippen LogP contribution < -0.4 is 19.5 Å². The maximum absolute atomic E-state index is 14.5. The van der Waals surface area contributed by atoms with E-state index in [1.165, 1.54) is 18.5 Å². The Morgan fingerprint density at radius 1 is 1.03 bits per heavy atom. The van der Waals surface area contributed by atoms with Gasteiger partial charge < -0.3 is 24.3 Å². The van der Waals surface area contributed by atoms with Crippen LogP contribution in [0.2, 0.25) is 0 Å². The molecule has 1 saturated heterocycles. The molecule has 0 spiro atoms. The Morgan fingerprint density at radius 2 is 1.83 bits per heavy atom. The summed E-state index contributed by atoms with van der Waals surface area (Å²) in [6.07, 6.45) is 5.93. The van der Waals surface area contributed by atoms with Gasteiger partial charge in [-0.2, -0.15) is 0 Å². The minimum atomic E-state index is -0.524. The van der Waals surface area contributed by atoms with Gasteiger partial charge in [-0.15, -0.1) is 0 Å². The molecule has 1 N–H and O–H groups in total. The smallest absolute Gasteiger partial charge is 0.229 e. The number of nitrogens with zero attached hydrogens (tertiary/aromatic N) is 2. The molecule has 1 aliphatic heterocycles. The number of rotatable bonds is 9. The second kappa shape index (κ2) is 9.37. The number of nitrogens with one attached hydrogen (secondary N) is 1. The van der Waals surface area contributed by atoms with E-state index in [4.69, 9.17) is 18.9 Å². The third kappa shape index (κ3) is 5.55. The Balaban J connectivity index is 1.36. The van der Waals surface area contributed by atoms with Crippen molar-refractivity contribution in [2.75, 3.05) is 26.3 Å². The van der Waals surface area contributed by atoms with Crippen molar-refractivity contribution in [3.8, 4) is 23.3 Å². The van der Waals surface area contributed by atoms with E-state index in [9.17, 15) is 4.39 Å². The third-order valence-electron chi connectivity index (χ3n) is 4.90. The average molecular weight is 403 g/mol. The molecule has 0 atom stereocenters. The molecule has 4 rings (SSSR count). The molecule has 0 bridgehead atoms. The highest BCUT2D eigenvalue weighted by Gasteiger charge is 2.22. The number of hydrogen-bond donors (Lipinski definition) is 1. The first kappa shape index (κ1) is 19.8. The van der Waals surface area contributed by atoms with Gasteiger partial charge in [0.1, 0.15) is 24.8 Å². The van der Waals surface area contributed by atoms with Crippen LogP contribution in [-0.4, -0.2) is 48.5 Å². The van der Waals surface area contributed by atoms with Crippen molar-refractivity contribution in [1.29, 1.82) is 0 Å². The van der Waals surface area contributed by atoms with Crippen LogP contribution in [0.15, 0.2) is 24.5 Å². The van der Waals surface area contributed by atoms with E-state index < -0.39 is 5.82 Å². The summed E-state index contributed by atoms with van der Waals surface area (Å²) in [5.41, 5.74) is 0.642. The minimum Gasteiger partial charge on any atom is -0.491 e. The maximum Gasteiger partial charge on any atom is 0.229 e. The highest BCUT2D eigenvalue weighted by Crippen LogP contribution is 2.31. The van der Waals surface area contributed by atoms with Crippen LogP contribution >= 0.6 is 0 Å². The fraction of sp³-hybridized carbons (Fsp3) is 0.524. The van der Waals surface area contributed by atoms with Gasteiger partial charge in [-0.05, 0) is 57.8 Å². The van der Waals surface area contributed by atoms with Gasteiger partial charge in [0.2, 0.25) is 11.8 Å². The predicted octanol–water partition coefficient (Wildman–Crippen LogP) is 3.41. The molecule has 0 unspecified atom stereocenters. The summed E-state index contributed by atoms with van der Waals surface area (Å²) in [6, 6.07) is 4.50. The Hall–Kier alpha value is -2.45. The first-order chi connectivity index (χ1) is 14.2. The second-order valence-electron chi connectivity index (χ2n) is 7.29. The van der Waals surface area contributed by atoms with Crippen molar-refractivity contribution in [2.45, 2.75) is 44.8 Å². The van der Waals surface area contributed by atoms with Crippen molar-refractivity contribution in [1.82, 2.24) is 15.3 Å². The summed E-state index contributed by atoms with van der Waals surface area (Å²) < 4.78 is 37.2. The van der Waals surface area contributed by atoms with Gasteiger partial charge in [0, 0.05) is 6.07 Å². The zero-order valence-electron chi connectivity index (χ0n) is 16.5. The van der Waals surface area contributed by atoms with Crippen LogP contribution in [0.1, 0.15) is 31.2 Å². The SMILES string of the molecule is Cc1c(Oc2ccc(OCCOC3CC3)cc2F)ncnc1OC1CCNCC1. The van der Waals surface area contributed by atoms with Gasteiger partial charge in [0.05, 0.1) is 18.3 Å². The van der Waals surface area contributed by atoms with Crippen LogP contribution in [-0.2, 0) is 4.74 Å². The summed E-state index contributed by atoms with van der Waals surface area (Å²) in [7, 11) is 0. The molecule has 0 radical (unpaired) electrons. The van der Waals surface area contributed by atoms with Crippen molar-refractivity contribution >= 4 is 0 Å². The third-order valence-corrected chi connectivity index (χ3v) is 4.90. The Bertz CT molecular complexity index is 826. The number of benzene rings is 1. The summed E-state index contributed by atoms with van der Waals surface area (Å²) >= 11 is 0. The predicted molar refractivity (Wildman–Crippen MR) is 104 cm³/mol. The molecule has 2 aromatic rings. The van der Waals surface area contributed by atoms with Crippen molar-refractivity contribution in [3.05, 3.63) is 35.9 Å². The Morgan fingerprint density at radius 3 is 2.59 bits per heavy atom. The highest BCUT2D eigenvalue weighted by molar-refractivity contribution is 5.39. The summed E-state index contributed by atoms with van der Waals surface area (Å²) in [5.74, 6) is 0.724. The zero-order chi connectivity index (χ0) is 20.1. The molecular formula is C21H26FN3O4. The van der Waals surface area contributed by atoms with Gasteiger partial charge in [0.25, 0.3) is 0 Å². The normalized spacial score (nSPS) is 17.2. The highest BCUT2D eigenvalue weighted by atomic mass is 19.1. The van der Waals surface area contributed by atoms with E-state index in [1.54, 1.807) is 13.0 Å². The van der Waals surface area contributed by atoms with Crippen LogP contribution in [0, 0.1) is 12.7 Å². The molecule has 2 heterocycles. The molecule has 0 amide bonds. The summed E-state index contributed by atoms with van der Waals surface area (Å²) in [5, 5.41) is 3.30. The number of ether oxygens (including phenoxy) is 4. The monoisotopic (exact) mass is 403 g/mol. The first-order valence-corrected chi connectivity index (χ1v) is 10.1. The first-order valence-electron chi connectivity index (χ1n) is 10.1. The van der Waals surface area contributed by atoms with Crippen LogP contribution in [0.25, 0.3) is 0 Å². The zero-order valence-corrected chi connectivity index (χ0v) is 16.5. The average Bonchev–Trinajstić information content (AvgIpc) is 3.55. The van der Waals surface area contributed by atoms with E-state index >= 15 is 0 Å². The molecule has 2 aliphatic rings. The molecule has 7 nitrogen and oxygen atoms in total. The lowest BCUT2D eigenvalue weighted by Gasteiger charge is -2.24. The molecule has 1 aromatic heterocycles. The number of hydrogen-bond acceptors (Lipinski definition) is 7. The molecular weight excluding hydrogens is 377 g/mol. The van der Waals surface area contributed by atoms with Gasteiger partial charge in [0.15, 0.2) is 11.6 Å². The standard InChI is InChI=1S/C21H26FN3O4/c1-14-20(28-16-6-8-23-9-7-16)24-13-25-21(14)29-19-5-4-17(12-18(19)22)27-11-10-26-15-2-3-15/h4-5,12-13,15-16,23H,2-3,6-11H2,1H3. The van der Waals surface area contributed by atoms with Crippen molar-refractivity contribution in [3.63, 3.8) is 0 Å². The van der Waals surface area contributed by atoms with Crippen LogP contribution in [0.4, 0.5) is 4.39 Å². The van der Waals surface area contributed by atoms with Crippen LogP contribution in [0.5, 0.6) is 23.3 Å². The lowest BCUT2D eigenvalue weighted by Crippen LogP contribution is -2.34. The fourth-order valence-corrected chi connectivity index (χ4v) is 3.08. The van der Waals surface area contributed by atoms with Crippen molar-refractivity contribution < 1.29 is 23.3 Å². The number of aromatic nitrogens is 2. The van der Waals surface area contributed by atoms with E-state index in [-0.39, 0.29) is 17.7 Å². The molecule has 1 saturated carbocycles. The van der Waals surface area contributed by atoms with Crippen LogP contribution in [0.3, 0.4) is 0 Å². The molecule has 156 valence electrons. The van der Waals surface area contributed by atoms with Crippen molar-refractivity contribution in [2.24, 2.45) is 0 Å². The number of halogens is 1. The minimum absolute atomic E-state index is 0.0706. The molecule has 1 aliphatic carbocycles. The summed E-state index contributed by atoms with van der Waals surface area (Å²) in [6.45, 7) is 4.54. The second-order valence-corrected chi connectivity index (χ2v) is 7.29. The molecule has 1 aromatic carbocycles. The van der Waals surface area contributed by atoms with E-state index in [0.717, 1.165) is 38.8 Å². The fourth-order valence-electron chi connectivity index (χ4n) is 3.08. The molecule has 2 fully saturated rings. The Labute approximate surface area is 169 Å². The number of piperidine rings is 1. The van der Waals surface area contributed by atoms with Gasteiger partial charge >= 0.3 is 0 Å². The van der Waals surface area contributed by atoms with E-state index in [0.29, 0.717) is 36.5 Å². The summed E-state index contributed by atoms with van der Waals surface area (Å²) in [4.78, 5) is 8.34. The molecule has 29 heavy (non-hydrogen) atoms.